The summed E-state index contributed by atoms with van der Waals surface area (Å²) in [5, 5.41) is 3.26. The Morgan fingerprint density at radius 1 is 1.23 bits per heavy atom. The molecule has 0 saturated heterocycles. The summed E-state index contributed by atoms with van der Waals surface area (Å²) < 4.78 is 13.8. The minimum Gasteiger partial charge on any atom is -0.351 e. The number of carbonyl (C=O) groups is 2. The average Bonchev–Trinajstić information content (AvgIpc) is 2.62. The quantitative estimate of drug-likeness (QED) is 0.692. The number of rotatable bonds is 7. The standard InChI is InChI=1S/C19H19BrClFN2O2/c1-2-24(12-13-5-3-4-6-17(13)21)18(25)9-10-23-19(26)15-11-14(22)7-8-16(15)20/h3-8,11H,2,9-10,12H2,1H3,(H,23,26). The first-order valence-corrected chi connectivity index (χ1v) is 9.34. The number of amides is 2. The number of carbonyl (C=O) groups excluding carboxylic acids is 2. The van der Waals surface area contributed by atoms with E-state index in [1.54, 1.807) is 11.0 Å². The van der Waals surface area contributed by atoms with Gasteiger partial charge in [-0.1, -0.05) is 29.8 Å². The molecule has 0 fully saturated rings. The van der Waals surface area contributed by atoms with Gasteiger partial charge in [0.25, 0.3) is 5.91 Å². The molecule has 0 atom stereocenters. The summed E-state index contributed by atoms with van der Waals surface area (Å²) in [5.41, 5.74) is 1.07. The Morgan fingerprint density at radius 2 is 1.96 bits per heavy atom. The van der Waals surface area contributed by atoms with Gasteiger partial charge in [0.15, 0.2) is 0 Å². The van der Waals surface area contributed by atoms with Gasteiger partial charge in [-0.15, -0.1) is 0 Å². The molecule has 0 aromatic heterocycles. The maximum Gasteiger partial charge on any atom is 0.252 e. The molecule has 4 nitrogen and oxygen atoms in total. The Labute approximate surface area is 165 Å². The van der Waals surface area contributed by atoms with Crippen molar-refractivity contribution in [2.24, 2.45) is 0 Å². The lowest BCUT2D eigenvalue weighted by Crippen LogP contribution is -2.34. The second kappa shape index (κ2) is 9.69. The minimum absolute atomic E-state index is 0.0916. The van der Waals surface area contributed by atoms with Crippen LogP contribution in [0, 0.1) is 5.82 Å². The fraction of sp³-hybridized carbons (Fsp3) is 0.263. The average molecular weight is 442 g/mol. The van der Waals surface area contributed by atoms with E-state index in [1.165, 1.54) is 12.1 Å². The first-order chi connectivity index (χ1) is 12.4. The normalized spacial score (nSPS) is 10.5. The second-order valence-electron chi connectivity index (χ2n) is 5.63. The molecule has 0 unspecified atom stereocenters. The smallest absolute Gasteiger partial charge is 0.252 e. The Morgan fingerprint density at radius 3 is 2.65 bits per heavy atom. The van der Waals surface area contributed by atoms with Crippen LogP contribution in [0.4, 0.5) is 4.39 Å². The van der Waals surface area contributed by atoms with Crippen LogP contribution in [0.15, 0.2) is 46.9 Å². The van der Waals surface area contributed by atoms with Crippen molar-refractivity contribution >= 4 is 39.3 Å². The Balaban J connectivity index is 1.89. The third kappa shape index (κ3) is 5.54. The van der Waals surface area contributed by atoms with Crippen molar-refractivity contribution in [3.63, 3.8) is 0 Å². The number of benzene rings is 2. The number of hydrogen-bond acceptors (Lipinski definition) is 2. The minimum atomic E-state index is -0.494. The predicted molar refractivity (Wildman–Crippen MR) is 104 cm³/mol. The fourth-order valence-corrected chi connectivity index (χ4v) is 3.04. The summed E-state index contributed by atoms with van der Waals surface area (Å²) in [6, 6.07) is 11.3. The summed E-state index contributed by atoms with van der Waals surface area (Å²) in [5.74, 6) is -1.02. The molecule has 7 heteroatoms. The molecule has 1 N–H and O–H groups in total. The zero-order chi connectivity index (χ0) is 19.1. The molecule has 26 heavy (non-hydrogen) atoms. The lowest BCUT2D eigenvalue weighted by Gasteiger charge is -2.21. The molecule has 0 spiro atoms. The van der Waals surface area contributed by atoms with Crippen LogP contribution < -0.4 is 5.32 Å². The summed E-state index contributed by atoms with van der Waals surface area (Å²) >= 11 is 9.36. The zero-order valence-electron chi connectivity index (χ0n) is 14.3. The summed E-state index contributed by atoms with van der Waals surface area (Å²) in [4.78, 5) is 26.2. The lowest BCUT2D eigenvalue weighted by atomic mass is 10.2. The van der Waals surface area contributed by atoms with Gasteiger partial charge in [-0.2, -0.15) is 0 Å². The Hall–Kier alpha value is -1.92. The first kappa shape index (κ1) is 20.4. The van der Waals surface area contributed by atoms with Crippen LogP contribution in [0.5, 0.6) is 0 Å². The van der Waals surface area contributed by atoms with Crippen molar-refractivity contribution in [2.75, 3.05) is 13.1 Å². The van der Waals surface area contributed by atoms with Crippen molar-refractivity contribution in [2.45, 2.75) is 19.9 Å². The van der Waals surface area contributed by atoms with Gasteiger partial charge in [-0.25, -0.2) is 4.39 Å². The summed E-state index contributed by atoms with van der Waals surface area (Å²) in [6.45, 7) is 3.00. The van der Waals surface area contributed by atoms with Crippen LogP contribution in [0.1, 0.15) is 29.3 Å². The van der Waals surface area contributed by atoms with E-state index in [2.05, 4.69) is 21.2 Å². The van der Waals surface area contributed by atoms with Crippen LogP contribution in [0.2, 0.25) is 5.02 Å². The molecule has 0 saturated carbocycles. The van der Waals surface area contributed by atoms with Crippen LogP contribution in [-0.2, 0) is 11.3 Å². The van der Waals surface area contributed by atoms with Gasteiger partial charge in [0.2, 0.25) is 5.91 Å². The molecule has 2 rings (SSSR count). The van der Waals surface area contributed by atoms with Gasteiger partial charge in [0, 0.05) is 35.6 Å². The van der Waals surface area contributed by atoms with Crippen molar-refractivity contribution in [1.82, 2.24) is 10.2 Å². The van der Waals surface area contributed by atoms with E-state index >= 15 is 0 Å². The van der Waals surface area contributed by atoms with E-state index in [0.717, 1.165) is 11.6 Å². The maximum atomic E-state index is 13.3. The van der Waals surface area contributed by atoms with E-state index in [9.17, 15) is 14.0 Å². The van der Waals surface area contributed by atoms with Crippen LogP contribution in [0.25, 0.3) is 0 Å². The highest BCUT2D eigenvalue weighted by atomic mass is 79.9. The highest BCUT2D eigenvalue weighted by molar-refractivity contribution is 9.10. The summed E-state index contributed by atoms with van der Waals surface area (Å²) in [6.07, 6.45) is 0.150. The molecule has 2 aromatic rings. The van der Waals surface area contributed by atoms with E-state index in [1.807, 2.05) is 25.1 Å². The molecule has 138 valence electrons. The molecule has 2 amide bonds. The largest absolute Gasteiger partial charge is 0.351 e. The number of hydrogen-bond donors (Lipinski definition) is 1. The van der Waals surface area contributed by atoms with Crippen LogP contribution in [0.3, 0.4) is 0 Å². The Kier molecular flexibility index (Phi) is 7.60. The van der Waals surface area contributed by atoms with E-state index in [0.29, 0.717) is 22.6 Å². The Bertz CT molecular complexity index is 801. The van der Waals surface area contributed by atoms with Gasteiger partial charge in [0.1, 0.15) is 5.82 Å². The molecule has 0 aliphatic rings. The first-order valence-electron chi connectivity index (χ1n) is 8.16. The molecular formula is C19H19BrClFN2O2. The monoisotopic (exact) mass is 440 g/mol. The molecule has 0 aliphatic heterocycles. The predicted octanol–water partition coefficient (Wildman–Crippen LogP) is 4.41. The molecule has 0 radical (unpaired) electrons. The van der Waals surface area contributed by atoms with Gasteiger partial charge in [-0.3, -0.25) is 9.59 Å². The maximum absolute atomic E-state index is 13.3. The van der Waals surface area contributed by atoms with Crippen molar-refractivity contribution in [3.05, 3.63) is 68.9 Å². The van der Waals surface area contributed by atoms with Crippen molar-refractivity contribution in [3.8, 4) is 0 Å². The van der Waals surface area contributed by atoms with Crippen LogP contribution >= 0.6 is 27.5 Å². The number of nitrogens with zero attached hydrogens (tertiary/aromatic N) is 1. The van der Waals surface area contributed by atoms with E-state index in [4.69, 9.17) is 11.6 Å². The van der Waals surface area contributed by atoms with Crippen molar-refractivity contribution in [1.29, 1.82) is 0 Å². The van der Waals surface area contributed by atoms with Crippen LogP contribution in [-0.4, -0.2) is 29.8 Å². The van der Waals surface area contributed by atoms with Gasteiger partial charge in [-0.05, 0) is 52.7 Å². The molecular weight excluding hydrogens is 423 g/mol. The highest BCUT2D eigenvalue weighted by Gasteiger charge is 2.15. The third-order valence-corrected chi connectivity index (χ3v) is 4.91. The molecule has 0 bridgehead atoms. The summed E-state index contributed by atoms with van der Waals surface area (Å²) in [7, 11) is 0. The van der Waals surface area contributed by atoms with E-state index < -0.39 is 11.7 Å². The van der Waals surface area contributed by atoms with Gasteiger partial charge in [0.05, 0.1) is 5.56 Å². The lowest BCUT2D eigenvalue weighted by molar-refractivity contribution is -0.131. The van der Waals surface area contributed by atoms with Crippen molar-refractivity contribution < 1.29 is 14.0 Å². The molecule has 0 aliphatic carbocycles. The van der Waals surface area contributed by atoms with E-state index in [-0.39, 0.29) is 24.4 Å². The molecule has 2 aromatic carbocycles. The molecule has 0 heterocycles. The fourth-order valence-electron chi connectivity index (χ4n) is 2.42. The third-order valence-electron chi connectivity index (χ3n) is 3.85. The number of nitrogens with one attached hydrogen (secondary N) is 1. The topological polar surface area (TPSA) is 49.4 Å². The highest BCUT2D eigenvalue weighted by Crippen LogP contribution is 2.18. The second-order valence-corrected chi connectivity index (χ2v) is 6.89. The van der Waals surface area contributed by atoms with Gasteiger partial charge < -0.3 is 10.2 Å². The number of halogens is 3. The van der Waals surface area contributed by atoms with Gasteiger partial charge >= 0.3 is 0 Å². The SMILES string of the molecule is CCN(Cc1ccccc1Cl)C(=O)CCNC(=O)c1cc(F)ccc1Br. The zero-order valence-corrected chi connectivity index (χ0v) is 16.6.